The molecule has 1 aromatic carbocycles. The largest absolute Gasteiger partial charge is 0.478 e. The zero-order valence-corrected chi connectivity index (χ0v) is 17.6. The Balaban J connectivity index is 2.10. The molecule has 0 atom stereocenters. The van der Waals surface area contributed by atoms with Gasteiger partial charge in [0, 0.05) is 31.1 Å². The molecule has 0 spiro atoms. The fourth-order valence-electron chi connectivity index (χ4n) is 2.74. The number of hydrogen-bond donors (Lipinski definition) is 2. The highest BCUT2D eigenvalue weighted by Gasteiger charge is 2.11. The van der Waals surface area contributed by atoms with Crippen molar-refractivity contribution in [2.75, 3.05) is 19.4 Å². The normalized spacial score (nSPS) is 11.9. The van der Waals surface area contributed by atoms with Gasteiger partial charge in [-0.3, -0.25) is 0 Å². The molecule has 0 amide bonds. The van der Waals surface area contributed by atoms with E-state index in [0.717, 1.165) is 23.2 Å². The smallest absolute Gasteiger partial charge is 0.218 e. The number of aromatic nitrogens is 1. The van der Waals surface area contributed by atoms with Crippen molar-refractivity contribution in [1.82, 2.24) is 15.6 Å². The van der Waals surface area contributed by atoms with Crippen LogP contribution in [0.5, 0.6) is 5.88 Å². The second-order valence-corrected chi connectivity index (χ2v) is 8.31. The summed E-state index contributed by atoms with van der Waals surface area (Å²) in [6.45, 7) is 7.97. The topological polar surface area (TPSA) is 92.7 Å². The molecule has 152 valence electrons. The van der Waals surface area contributed by atoms with E-state index in [0.29, 0.717) is 36.4 Å². The number of pyridine rings is 1. The summed E-state index contributed by atoms with van der Waals surface area (Å²) in [5.41, 5.74) is 2.62. The number of sulfone groups is 1. The van der Waals surface area contributed by atoms with E-state index < -0.39 is 9.84 Å². The Hall–Kier alpha value is -2.61. The van der Waals surface area contributed by atoms with E-state index in [1.54, 1.807) is 25.3 Å². The summed E-state index contributed by atoms with van der Waals surface area (Å²) >= 11 is 0. The number of aliphatic imine (C=N–C) groups is 1. The van der Waals surface area contributed by atoms with E-state index in [4.69, 9.17) is 4.74 Å². The summed E-state index contributed by atoms with van der Waals surface area (Å²) in [7, 11) is -3.22. The molecule has 0 saturated carbocycles. The molecule has 0 aliphatic heterocycles. The zero-order chi connectivity index (χ0) is 20.6. The van der Waals surface area contributed by atoms with Gasteiger partial charge in [0.1, 0.15) is 0 Å². The maximum atomic E-state index is 11.7. The Kier molecular flexibility index (Phi) is 7.80. The van der Waals surface area contributed by atoms with Gasteiger partial charge < -0.3 is 15.4 Å². The number of ether oxygens (including phenoxy) is 1. The summed E-state index contributed by atoms with van der Waals surface area (Å²) < 4.78 is 29.0. The van der Waals surface area contributed by atoms with Gasteiger partial charge in [0.05, 0.1) is 18.0 Å². The van der Waals surface area contributed by atoms with E-state index in [1.165, 1.54) is 6.26 Å². The van der Waals surface area contributed by atoms with Crippen molar-refractivity contribution in [2.24, 2.45) is 4.99 Å². The average molecular weight is 405 g/mol. The van der Waals surface area contributed by atoms with E-state index in [2.05, 4.69) is 20.6 Å². The minimum absolute atomic E-state index is 0.352. The van der Waals surface area contributed by atoms with Gasteiger partial charge in [0.2, 0.25) is 5.88 Å². The van der Waals surface area contributed by atoms with Crippen LogP contribution in [0.1, 0.15) is 30.5 Å². The second-order valence-electron chi connectivity index (χ2n) is 6.32. The van der Waals surface area contributed by atoms with Gasteiger partial charge in [-0.2, -0.15) is 0 Å². The van der Waals surface area contributed by atoms with Crippen LogP contribution < -0.4 is 15.4 Å². The minimum atomic E-state index is -3.22. The Morgan fingerprint density at radius 3 is 2.64 bits per heavy atom. The molecule has 2 aromatic rings. The third-order valence-corrected chi connectivity index (χ3v) is 5.24. The molecule has 0 aliphatic carbocycles. The van der Waals surface area contributed by atoms with Gasteiger partial charge in [-0.15, -0.1) is 0 Å². The molecule has 2 N–H and O–H groups in total. The highest BCUT2D eigenvalue weighted by atomic mass is 32.2. The molecule has 2 rings (SSSR count). The van der Waals surface area contributed by atoms with Gasteiger partial charge in [0.25, 0.3) is 0 Å². The van der Waals surface area contributed by atoms with Crippen molar-refractivity contribution in [3.63, 3.8) is 0 Å². The Morgan fingerprint density at radius 2 is 2.00 bits per heavy atom. The molecule has 0 aliphatic rings. The van der Waals surface area contributed by atoms with Gasteiger partial charge in [-0.1, -0.05) is 18.2 Å². The van der Waals surface area contributed by atoms with Crippen LogP contribution in [0.3, 0.4) is 0 Å². The maximum absolute atomic E-state index is 11.7. The summed E-state index contributed by atoms with van der Waals surface area (Å²) in [6, 6.07) is 9.12. The molecule has 28 heavy (non-hydrogen) atoms. The average Bonchev–Trinajstić information content (AvgIpc) is 2.64. The number of nitrogens with one attached hydrogen (secondary N) is 2. The summed E-state index contributed by atoms with van der Waals surface area (Å²) in [6.07, 6.45) is 2.92. The number of rotatable bonds is 8. The second kappa shape index (κ2) is 10.1. The predicted octanol–water partition coefficient (Wildman–Crippen LogP) is 2.45. The van der Waals surface area contributed by atoms with Crippen molar-refractivity contribution in [2.45, 2.75) is 38.8 Å². The van der Waals surface area contributed by atoms with Gasteiger partial charge in [0.15, 0.2) is 15.8 Å². The molecule has 0 unspecified atom stereocenters. The van der Waals surface area contributed by atoms with E-state index >= 15 is 0 Å². The minimum Gasteiger partial charge on any atom is -0.478 e. The lowest BCUT2D eigenvalue weighted by molar-refractivity contribution is 0.322. The number of hydrogen-bond acceptors (Lipinski definition) is 5. The van der Waals surface area contributed by atoms with Gasteiger partial charge >= 0.3 is 0 Å². The molecule has 0 radical (unpaired) electrons. The van der Waals surface area contributed by atoms with Crippen molar-refractivity contribution in [1.29, 1.82) is 0 Å². The van der Waals surface area contributed by atoms with Crippen LogP contribution in [0.25, 0.3) is 0 Å². The standard InChI is InChI=1S/C20H28N4O3S/c1-5-21-20(24-14-17-8-7-11-22-19(17)27-6-2)23-13-16-9-10-18(15(3)12-16)28(4,25)26/h7-12H,5-6,13-14H2,1-4H3,(H2,21,23,24). The predicted molar refractivity (Wildman–Crippen MR) is 111 cm³/mol. The number of guanidine groups is 1. The lowest BCUT2D eigenvalue weighted by Gasteiger charge is -2.13. The monoisotopic (exact) mass is 404 g/mol. The maximum Gasteiger partial charge on any atom is 0.218 e. The first-order valence-electron chi connectivity index (χ1n) is 9.23. The molecular weight excluding hydrogens is 376 g/mol. The molecule has 0 bridgehead atoms. The third-order valence-electron chi connectivity index (χ3n) is 3.98. The molecule has 8 heteroatoms. The lowest BCUT2D eigenvalue weighted by Crippen LogP contribution is -2.36. The first kappa shape index (κ1) is 21.7. The van der Waals surface area contributed by atoms with Crippen molar-refractivity contribution >= 4 is 15.8 Å². The summed E-state index contributed by atoms with van der Waals surface area (Å²) in [5.74, 6) is 1.28. The Labute approximate surface area is 167 Å². The number of benzene rings is 1. The summed E-state index contributed by atoms with van der Waals surface area (Å²) in [4.78, 5) is 9.20. The van der Waals surface area contributed by atoms with E-state index in [-0.39, 0.29) is 0 Å². The summed E-state index contributed by atoms with van der Waals surface area (Å²) in [5, 5.41) is 6.49. The quantitative estimate of drug-likeness (QED) is 0.519. The van der Waals surface area contributed by atoms with Gasteiger partial charge in [-0.25, -0.2) is 18.4 Å². The van der Waals surface area contributed by atoms with Crippen molar-refractivity contribution in [3.8, 4) is 5.88 Å². The fourth-order valence-corrected chi connectivity index (χ4v) is 3.70. The van der Waals surface area contributed by atoms with Crippen molar-refractivity contribution in [3.05, 3.63) is 53.2 Å². The fraction of sp³-hybridized carbons (Fsp3) is 0.400. The SMILES string of the molecule is CCNC(=NCc1ccc(S(C)(=O)=O)c(C)c1)NCc1cccnc1OCC. The third kappa shape index (κ3) is 6.23. The number of aryl methyl sites for hydroxylation is 1. The van der Waals surface area contributed by atoms with Crippen LogP contribution in [0.4, 0.5) is 0 Å². The molecule has 0 fully saturated rings. The molecule has 7 nitrogen and oxygen atoms in total. The van der Waals surface area contributed by atoms with Crippen LogP contribution in [0.2, 0.25) is 0 Å². The van der Waals surface area contributed by atoms with Crippen LogP contribution in [0.15, 0.2) is 46.4 Å². The molecular formula is C20H28N4O3S. The Bertz CT molecular complexity index is 927. The van der Waals surface area contributed by atoms with Crippen LogP contribution in [0, 0.1) is 6.92 Å². The van der Waals surface area contributed by atoms with Crippen LogP contribution in [-0.4, -0.2) is 38.8 Å². The first-order chi connectivity index (χ1) is 13.3. The molecule has 1 heterocycles. The molecule has 0 saturated heterocycles. The Morgan fingerprint density at radius 1 is 1.21 bits per heavy atom. The first-order valence-corrected chi connectivity index (χ1v) is 11.1. The van der Waals surface area contributed by atoms with Crippen LogP contribution in [-0.2, 0) is 22.9 Å². The number of nitrogens with zero attached hydrogens (tertiary/aromatic N) is 2. The van der Waals surface area contributed by atoms with E-state index in [1.807, 2.05) is 32.0 Å². The highest BCUT2D eigenvalue weighted by molar-refractivity contribution is 7.90. The van der Waals surface area contributed by atoms with Crippen molar-refractivity contribution < 1.29 is 13.2 Å². The van der Waals surface area contributed by atoms with Gasteiger partial charge in [-0.05, 0) is 44.0 Å². The lowest BCUT2D eigenvalue weighted by atomic mass is 10.1. The van der Waals surface area contributed by atoms with Crippen LogP contribution >= 0.6 is 0 Å². The zero-order valence-electron chi connectivity index (χ0n) is 16.8. The van der Waals surface area contributed by atoms with E-state index in [9.17, 15) is 8.42 Å². The molecule has 1 aromatic heterocycles. The highest BCUT2D eigenvalue weighted by Crippen LogP contribution is 2.17.